The number of nitrogens with one attached hydrogen (secondary N) is 1. The molecular formula is C27H31Cl2FN4O4. The molecule has 4 rings (SSSR count). The first-order chi connectivity index (χ1) is 18.0. The average Bonchev–Trinajstić information content (AvgIpc) is 3.32. The molecule has 204 valence electrons. The number of amides is 4. The molecule has 0 radical (unpaired) electrons. The van der Waals surface area contributed by atoms with E-state index in [9.17, 15) is 18.8 Å². The molecule has 1 heterocycles. The molecule has 11 heteroatoms. The van der Waals surface area contributed by atoms with Gasteiger partial charge in [0.05, 0.1) is 6.04 Å². The highest BCUT2D eigenvalue weighted by Gasteiger charge is 2.42. The molecule has 0 aromatic heterocycles. The number of hydrogen-bond acceptors (Lipinski definition) is 3. The molecule has 38 heavy (non-hydrogen) atoms. The number of hydrogen-bond donors (Lipinski definition) is 2. The van der Waals surface area contributed by atoms with Gasteiger partial charge in [0.2, 0.25) is 5.91 Å². The first-order valence-corrected chi connectivity index (χ1v) is 13.3. The molecule has 8 nitrogen and oxygen atoms in total. The largest absolute Gasteiger partial charge is 0.465 e. The molecule has 2 fully saturated rings. The van der Waals surface area contributed by atoms with E-state index in [1.54, 1.807) is 54.2 Å². The van der Waals surface area contributed by atoms with Crippen LogP contribution in [-0.4, -0.2) is 72.2 Å². The van der Waals surface area contributed by atoms with Gasteiger partial charge in [-0.05, 0) is 61.6 Å². The second-order valence-electron chi connectivity index (χ2n) is 10.0. The first kappa shape index (κ1) is 28.0. The SMILES string of the molecule is CN(C(=O)N(C)[C@@H]1CN(C(=O)[C@H]2CC[C@H](NC(=O)O)CC2)C[C@H]1c1ccc(F)cc1)c1cc(Cl)cc(Cl)c1. The number of carbonyl (C=O) groups is 3. The summed E-state index contributed by atoms with van der Waals surface area (Å²) < 4.78 is 13.7. The summed E-state index contributed by atoms with van der Waals surface area (Å²) in [6.45, 7) is 0.729. The molecule has 4 amide bonds. The zero-order valence-electron chi connectivity index (χ0n) is 21.2. The van der Waals surface area contributed by atoms with Crippen molar-refractivity contribution in [3.05, 3.63) is 63.9 Å². The van der Waals surface area contributed by atoms with Crippen LogP contribution in [0, 0.1) is 11.7 Å². The normalized spacial score (nSPS) is 23.1. The Hall–Kier alpha value is -3.04. The van der Waals surface area contributed by atoms with E-state index in [1.165, 1.54) is 17.0 Å². The molecule has 2 aromatic carbocycles. The Kier molecular flexibility index (Phi) is 8.67. The number of carboxylic acid groups (broad SMARTS) is 1. The number of halogens is 3. The summed E-state index contributed by atoms with van der Waals surface area (Å²) in [7, 11) is 3.33. The van der Waals surface area contributed by atoms with Crippen molar-refractivity contribution in [3.8, 4) is 0 Å². The third kappa shape index (κ3) is 6.32. The van der Waals surface area contributed by atoms with Crippen LogP contribution >= 0.6 is 23.2 Å². The van der Waals surface area contributed by atoms with Crippen molar-refractivity contribution in [2.45, 2.75) is 43.7 Å². The highest BCUT2D eigenvalue weighted by Crippen LogP contribution is 2.35. The van der Waals surface area contributed by atoms with E-state index in [-0.39, 0.29) is 41.7 Å². The Morgan fingerprint density at radius 3 is 2.16 bits per heavy atom. The molecule has 2 aliphatic rings. The Bertz CT molecular complexity index is 1170. The van der Waals surface area contributed by atoms with Gasteiger partial charge in [0, 0.05) is 60.8 Å². The van der Waals surface area contributed by atoms with E-state index >= 15 is 0 Å². The van der Waals surface area contributed by atoms with Crippen LogP contribution in [0.15, 0.2) is 42.5 Å². The highest BCUT2D eigenvalue weighted by molar-refractivity contribution is 6.35. The summed E-state index contributed by atoms with van der Waals surface area (Å²) in [5.74, 6) is -0.768. The van der Waals surface area contributed by atoms with Crippen LogP contribution in [0.1, 0.15) is 37.2 Å². The highest BCUT2D eigenvalue weighted by atomic mass is 35.5. The second kappa shape index (κ2) is 11.8. The summed E-state index contributed by atoms with van der Waals surface area (Å²) in [5.41, 5.74) is 1.38. The fraction of sp³-hybridized carbons (Fsp3) is 0.444. The van der Waals surface area contributed by atoms with Gasteiger partial charge in [-0.15, -0.1) is 0 Å². The molecule has 1 aliphatic carbocycles. The van der Waals surface area contributed by atoms with Gasteiger partial charge in [-0.3, -0.25) is 9.69 Å². The number of benzene rings is 2. The van der Waals surface area contributed by atoms with Gasteiger partial charge >= 0.3 is 12.1 Å². The van der Waals surface area contributed by atoms with Gasteiger partial charge in [0.15, 0.2) is 0 Å². The zero-order valence-corrected chi connectivity index (χ0v) is 22.8. The number of nitrogens with zero attached hydrogens (tertiary/aromatic N) is 3. The zero-order chi connectivity index (χ0) is 27.6. The summed E-state index contributed by atoms with van der Waals surface area (Å²) in [6, 6.07) is 10.3. The molecule has 1 saturated heterocycles. The smallest absolute Gasteiger partial charge is 0.404 e. The Labute approximate surface area is 231 Å². The predicted molar refractivity (Wildman–Crippen MR) is 144 cm³/mol. The summed E-state index contributed by atoms with van der Waals surface area (Å²) >= 11 is 12.3. The van der Waals surface area contributed by atoms with Crippen LogP contribution in [0.25, 0.3) is 0 Å². The quantitative estimate of drug-likeness (QED) is 0.505. The van der Waals surface area contributed by atoms with Gasteiger partial charge in [-0.25, -0.2) is 14.0 Å². The molecule has 1 saturated carbocycles. The molecular weight excluding hydrogens is 534 g/mol. The molecule has 0 spiro atoms. The van der Waals surface area contributed by atoms with Crippen molar-refractivity contribution in [1.82, 2.24) is 15.1 Å². The number of likely N-dealkylation sites (N-methyl/N-ethyl adjacent to an activating group) is 1. The Morgan fingerprint density at radius 1 is 0.974 bits per heavy atom. The van der Waals surface area contributed by atoms with E-state index in [1.807, 2.05) is 0 Å². The summed E-state index contributed by atoms with van der Waals surface area (Å²) in [4.78, 5) is 42.9. The standard InChI is InChI=1S/C27H31Cl2FN4O4/c1-32(22-12-18(28)11-19(29)13-22)27(38)33(2)24-15-34(14-23(24)16-3-7-20(30)8-4-16)25(35)17-5-9-21(10-6-17)31-26(36)37/h3-4,7-8,11-13,17,21,23-24,31H,5-6,9-10,14-15H2,1-2H3,(H,36,37)/t17-,21-,23-,24+/m0/s1. The van der Waals surface area contributed by atoms with Crippen LogP contribution in [-0.2, 0) is 4.79 Å². The van der Waals surface area contributed by atoms with Gasteiger partial charge in [0.25, 0.3) is 0 Å². The topological polar surface area (TPSA) is 93.2 Å². The van der Waals surface area contributed by atoms with E-state index in [4.69, 9.17) is 28.3 Å². The van der Waals surface area contributed by atoms with Crippen molar-refractivity contribution in [2.24, 2.45) is 5.92 Å². The lowest BCUT2D eigenvalue weighted by molar-refractivity contribution is -0.135. The van der Waals surface area contributed by atoms with Crippen LogP contribution in [0.5, 0.6) is 0 Å². The second-order valence-corrected chi connectivity index (χ2v) is 10.9. The maximum absolute atomic E-state index is 13.7. The van der Waals surface area contributed by atoms with Crippen LogP contribution in [0.3, 0.4) is 0 Å². The average molecular weight is 565 g/mol. The van der Waals surface area contributed by atoms with Crippen molar-refractivity contribution < 1.29 is 23.9 Å². The predicted octanol–water partition coefficient (Wildman–Crippen LogP) is 5.44. The van der Waals surface area contributed by atoms with E-state index < -0.39 is 6.09 Å². The van der Waals surface area contributed by atoms with E-state index in [2.05, 4.69) is 5.32 Å². The molecule has 2 aromatic rings. The summed E-state index contributed by atoms with van der Waals surface area (Å²) in [6.07, 6.45) is 1.35. The lowest BCUT2D eigenvalue weighted by atomic mass is 9.85. The third-order valence-corrected chi connectivity index (χ3v) is 8.06. The molecule has 2 atom stereocenters. The van der Waals surface area contributed by atoms with Crippen molar-refractivity contribution in [1.29, 1.82) is 0 Å². The molecule has 0 unspecified atom stereocenters. The van der Waals surface area contributed by atoms with Crippen molar-refractivity contribution >= 4 is 46.9 Å². The lowest BCUT2D eigenvalue weighted by Crippen LogP contribution is -2.48. The minimum Gasteiger partial charge on any atom is -0.465 e. The van der Waals surface area contributed by atoms with Crippen LogP contribution in [0.4, 0.5) is 19.7 Å². The maximum atomic E-state index is 13.7. The first-order valence-electron chi connectivity index (χ1n) is 12.5. The molecule has 2 N–H and O–H groups in total. The Balaban J connectivity index is 1.52. The Morgan fingerprint density at radius 2 is 1.58 bits per heavy atom. The summed E-state index contributed by atoms with van der Waals surface area (Å²) in [5, 5.41) is 12.3. The number of rotatable bonds is 5. The number of likely N-dealkylation sites (tertiary alicyclic amines) is 1. The van der Waals surface area contributed by atoms with E-state index in [0.29, 0.717) is 54.5 Å². The van der Waals surface area contributed by atoms with E-state index in [0.717, 1.165) is 5.56 Å². The van der Waals surface area contributed by atoms with Crippen molar-refractivity contribution in [3.63, 3.8) is 0 Å². The van der Waals surface area contributed by atoms with Gasteiger partial charge in [-0.1, -0.05) is 35.3 Å². The minimum atomic E-state index is -1.05. The lowest BCUT2D eigenvalue weighted by Gasteiger charge is -2.33. The monoisotopic (exact) mass is 564 g/mol. The fourth-order valence-electron chi connectivity index (χ4n) is 5.54. The minimum absolute atomic E-state index is 0.00390. The molecule has 0 bridgehead atoms. The van der Waals surface area contributed by atoms with Crippen LogP contribution < -0.4 is 10.2 Å². The number of anilines is 1. The maximum Gasteiger partial charge on any atom is 0.404 e. The van der Waals surface area contributed by atoms with Crippen molar-refractivity contribution in [2.75, 3.05) is 32.1 Å². The van der Waals surface area contributed by atoms with Crippen LogP contribution in [0.2, 0.25) is 10.0 Å². The molecule has 1 aliphatic heterocycles. The number of carbonyl (C=O) groups excluding carboxylic acids is 2. The van der Waals surface area contributed by atoms with Gasteiger partial charge in [-0.2, -0.15) is 0 Å². The third-order valence-electron chi connectivity index (χ3n) is 7.62. The van der Waals surface area contributed by atoms with Gasteiger partial charge < -0.3 is 20.2 Å². The van der Waals surface area contributed by atoms with Gasteiger partial charge in [0.1, 0.15) is 5.82 Å². The fourth-order valence-corrected chi connectivity index (χ4v) is 6.05. The number of urea groups is 1.